The lowest BCUT2D eigenvalue weighted by atomic mass is 9.97. The summed E-state index contributed by atoms with van der Waals surface area (Å²) in [4.78, 5) is 0. The van der Waals surface area contributed by atoms with E-state index < -0.39 is 15.3 Å². The third-order valence-corrected chi connectivity index (χ3v) is 4.92. The van der Waals surface area contributed by atoms with Crippen molar-refractivity contribution >= 4 is 10.0 Å². The van der Waals surface area contributed by atoms with Crippen LogP contribution < -0.4 is 15.2 Å². The molecule has 6 heteroatoms. The van der Waals surface area contributed by atoms with E-state index in [2.05, 4.69) is 12.2 Å². The molecule has 112 valence electrons. The lowest BCUT2D eigenvalue weighted by molar-refractivity contribution is 0.317. The Hall–Kier alpha value is -1.11. The van der Waals surface area contributed by atoms with Gasteiger partial charge < -0.3 is 10.1 Å². The Labute approximate surface area is 120 Å². The Bertz CT molecular complexity index is 520. The minimum atomic E-state index is -3.43. The van der Waals surface area contributed by atoms with E-state index in [1.165, 1.54) is 0 Å². The fraction of sp³-hybridized carbons (Fsp3) is 0.571. The van der Waals surface area contributed by atoms with Crippen LogP contribution in [0.5, 0.6) is 5.75 Å². The zero-order chi connectivity index (χ0) is 14.6. The first-order valence-electron chi connectivity index (χ1n) is 6.98. The van der Waals surface area contributed by atoms with Crippen LogP contribution in [-0.4, -0.2) is 26.8 Å². The van der Waals surface area contributed by atoms with E-state index in [0.29, 0.717) is 13.0 Å². The van der Waals surface area contributed by atoms with E-state index in [9.17, 15) is 8.42 Å². The number of sulfonamides is 1. The average molecular weight is 298 g/mol. The third-order valence-electron chi connectivity index (χ3n) is 3.59. The van der Waals surface area contributed by atoms with Crippen LogP contribution in [0, 0.1) is 0 Å². The molecule has 20 heavy (non-hydrogen) atoms. The van der Waals surface area contributed by atoms with E-state index in [4.69, 9.17) is 9.88 Å². The molecule has 1 aliphatic rings. The van der Waals surface area contributed by atoms with Crippen molar-refractivity contribution in [1.29, 1.82) is 0 Å². The van der Waals surface area contributed by atoms with Crippen LogP contribution >= 0.6 is 0 Å². The van der Waals surface area contributed by atoms with E-state index >= 15 is 0 Å². The molecule has 1 saturated heterocycles. The Morgan fingerprint density at radius 2 is 2.00 bits per heavy atom. The SMILES string of the molecule is CCCOc1ccc(C2CCC(S(N)(=O)=O)CN2)cc1. The Morgan fingerprint density at radius 3 is 2.50 bits per heavy atom. The summed E-state index contributed by atoms with van der Waals surface area (Å²) < 4.78 is 28.1. The molecule has 1 aliphatic heterocycles. The molecule has 0 aromatic heterocycles. The monoisotopic (exact) mass is 298 g/mol. The maximum absolute atomic E-state index is 11.3. The number of rotatable bonds is 5. The second-order valence-corrected chi connectivity index (χ2v) is 7.01. The summed E-state index contributed by atoms with van der Waals surface area (Å²) in [6.07, 6.45) is 2.36. The van der Waals surface area contributed by atoms with Crippen molar-refractivity contribution in [2.24, 2.45) is 5.14 Å². The number of nitrogens with two attached hydrogens (primary N) is 1. The number of nitrogens with one attached hydrogen (secondary N) is 1. The molecule has 2 unspecified atom stereocenters. The molecule has 1 fully saturated rings. The number of primary sulfonamides is 1. The van der Waals surface area contributed by atoms with Gasteiger partial charge in [-0.25, -0.2) is 13.6 Å². The first-order valence-corrected chi connectivity index (χ1v) is 8.59. The number of hydrogen-bond donors (Lipinski definition) is 2. The first-order chi connectivity index (χ1) is 9.50. The number of hydrogen-bond acceptors (Lipinski definition) is 4. The number of benzene rings is 1. The van der Waals surface area contributed by atoms with Crippen LogP contribution in [0.15, 0.2) is 24.3 Å². The predicted octanol–water partition coefficient (Wildman–Crippen LogP) is 1.56. The summed E-state index contributed by atoms with van der Waals surface area (Å²) in [5, 5.41) is 7.96. The third kappa shape index (κ3) is 3.94. The quantitative estimate of drug-likeness (QED) is 0.864. The van der Waals surface area contributed by atoms with Gasteiger partial charge in [0.15, 0.2) is 0 Å². The van der Waals surface area contributed by atoms with Gasteiger partial charge in [-0.2, -0.15) is 0 Å². The van der Waals surface area contributed by atoms with Crippen LogP contribution in [-0.2, 0) is 10.0 Å². The van der Waals surface area contributed by atoms with Crippen LogP contribution in [0.1, 0.15) is 37.8 Å². The minimum Gasteiger partial charge on any atom is -0.494 e. The fourth-order valence-electron chi connectivity index (χ4n) is 2.41. The van der Waals surface area contributed by atoms with Gasteiger partial charge in [0.05, 0.1) is 11.9 Å². The van der Waals surface area contributed by atoms with Gasteiger partial charge >= 0.3 is 0 Å². The van der Waals surface area contributed by atoms with Crippen molar-refractivity contribution in [3.8, 4) is 5.75 Å². The highest BCUT2D eigenvalue weighted by molar-refractivity contribution is 7.89. The maximum atomic E-state index is 11.3. The molecule has 0 amide bonds. The molecule has 3 N–H and O–H groups in total. The van der Waals surface area contributed by atoms with Gasteiger partial charge in [-0.1, -0.05) is 19.1 Å². The van der Waals surface area contributed by atoms with Gasteiger partial charge in [0, 0.05) is 12.6 Å². The van der Waals surface area contributed by atoms with Gasteiger partial charge in [-0.05, 0) is 37.0 Å². The normalized spacial score (nSPS) is 23.5. The van der Waals surface area contributed by atoms with E-state index in [0.717, 1.165) is 30.8 Å². The molecule has 1 aromatic rings. The summed E-state index contributed by atoms with van der Waals surface area (Å²) in [5.74, 6) is 0.869. The minimum absolute atomic E-state index is 0.188. The zero-order valence-corrected chi connectivity index (χ0v) is 12.5. The topological polar surface area (TPSA) is 81.4 Å². The fourth-order valence-corrected chi connectivity index (χ4v) is 3.20. The van der Waals surface area contributed by atoms with Crippen LogP contribution in [0.2, 0.25) is 0 Å². The van der Waals surface area contributed by atoms with Gasteiger partial charge in [0.1, 0.15) is 5.75 Å². The molecule has 0 aliphatic carbocycles. The molecule has 2 rings (SSSR count). The molecule has 2 atom stereocenters. The molecule has 0 spiro atoms. The van der Waals surface area contributed by atoms with Crippen molar-refractivity contribution in [3.05, 3.63) is 29.8 Å². The predicted molar refractivity (Wildman–Crippen MR) is 79.1 cm³/mol. The van der Waals surface area contributed by atoms with Crippen molar-refractivity contribution < 1.29 is 13.2 Å². The van der Waals surface area contributed by atoms with Gasteiger partial charge in [0.2, 0.25) is 10.0 Å². The van der Waals surface area contributed by atoms with Crippen LogP contribution in [0.4, 0.5) is 0 Å². The highest BCUT2D eigenvalue weighted by atomic mass is 32.2. The lowest BCUT2D eigenvalue weighted by Crippen LogP contribution is -2.43. The molecule has 0 bridgehead atoms. The van der Waals surface area contributed by atoms with Crippen molar-refractivity contribution in [1.82, 2.24) is 5.32 Å². The zero-order valence-electron chi connectivity index (χ0n) is 11.7. The maximum Gasteiger partial charge on any atom is 0.213 e. The van der Waals surface area contributed by atoms with E-state index in [1.54, 1.807) is 0 Å². The molecule has 1 heterocycles. The highest BCUT2D eigenvalue weighted by Gasteiger charge is 2.28. The van der Waals surface area contributed by atoms with Gasteiger partial charge in [-0.15, -0.1) is 0 Å². The standard InChI is InChI=1S/C14H22N2O3S/c1-2-9-19-12-5-3-11(4-6-12)14-8-7-13(10-16-14)20(15,17)18/h3-6,13-14,16H,2,7-10H2,1H3,(H2,15,17,18). The Morgan fingerprint density at radius 1 is 1.30 bits per heavy atom. The Kier molecular flexibility index (Phi) is 5.01. The average Bonchev–Trinajstić information content (AvgIpc) is 2.45. The smallest absolute Gasteiger partial charge is 0.213 e. The van der Waals surface area contributed by atoms with Crippen molar-refractivity contribution in [3.63, 3.8) is 0 Å². The van der Waals surface area contributed by atoms with E-state index in [1.807, 2.05) is 24.3 Å². The summed E-state index contributed by atoms with van der Waals surface area (Å²) in [6.45, 7) is 3.21. The summed E-state index contributed by atoms with van der Waals surface area (Å²) >= 11 is 0. The van der Waals surface area contributed by atoms with Crippen LogP contribution in [0.25, 0.3) is 0 Å². The molecular formula is C14H22N2O3S. The van der Waals surface area contributed by atoms with Gasteiger partial charge in [0.25, 0.3) is 0 Å². The highest BCUT2D eigenvalue weighted by Crippen LogP contribution is 2.26. The molecule has 5 nitrogen and oxygen atoms in total. The lowest BCUT2D eigenvalue weighted by Gasteiger charge is -2.29. The van der Waals surface area contributed by atoms with E-state index in [-0.39, 0.29) is 6.04 Å². The second-order valence-electron chi connectivity index (χ2n) is 5.17. The second kappa shape index (κ2) is 6.56. The van der Waals surface area contributed by atoms with Crippen LogP contribution in [0.3, 0.4) is 0 Å². The summed E-state index contributed by atoms with van der Waals surface area (Å²) in [6, 6.07) is 8.16. The molecule has 1 aromatic carbocycles. The molecule has 0 saturated carbocycles. The number of piperidine rings is 1. The largest absolute Gasteiger partial charge is 0.494 e. The summed E-state index contributed by atoms with van der Waals surface area (Å²) in [5.41, 5.74) is 1.15. The van der Waals surface area contributed by atoms with Crippen molar-refractivity contribution in [2.45, 2.75) is 37.5 Å². The first kappa shape index (κ1) is 15.3. The van der Waals surface area contributed by atoms with Crippen molar-refractivity contribution in [2.75, 3.05) is 13.2 Å². The Balaban J connectivity index is 1.93. The summed E-state index contributed by atoms with van der Waals surface area (Å²) in [7, 11) is -3.43. The number of ether oxygens (including phenoxy) is 1. The molecule has 0 radical (unpaired) electrons. The molecular weight excluding hydrogens is 276 g/mol. The van der Waals surface area contributed by atoms with Gasteiger partial charge in [-0.3, -0.25) is 0 Å².